The third-order valence-electron chi connectivity index (χ3n) is 2.98. The summed E-state index contributed by atoms with van der Waals surface area (Å²) in [5, 5.41) is 2.09. The van der Waals surface area contributed by atoms with Crippen molar-refractivity contribution in [2.45, 2.75) is 13.8 Å². The van der Waals surface area contributed by atoms with Crippen molar-refractivity contribution in [2.24, 2.45) is 0 Å². The van der Waals surface area contributed by atoms with Crippen molar-refractivity contribution in [1.29, 1.82) is 0 Å². The van der Waals surface area contributed by atoms with Crippen LogP contribution in [0.15, 0.2) is 24.0 Å². The number of allylic oxidation sites excluding steroid dienone is 1. The van der Waals surface area contributed by atoms with Crippen LogP contribution in [0.3, 0.4) is 0 Å². The van der Waals surface area contributed by atoms with E-state index in [1.54, 1.807) is 7.11 Å². The molecule has 1 aromatic carbocycles. The van der Waals surface area contributed by atoms with E-state index in [0.29, 0.717) is 0 Å². The molecule has 98 valence electrons. The van der Waals surface area contributed by atoms with Gasteiger partial charge in [-0.3, -0.25) is 4.98 Å². The fourth-order valence-electron chi connectivity index (χ4n) is 2.29. The van der Waals surface area contributed by atoms with Gasteiger partial charge in [-0.25, -0.2) is 0 Å². The molecule has 0 bridgehead atoms. The smallest absolute Gasteiger partial charge is 0.188 e. The van der Waals surface area contributed by atoms with Gasteiger partial charge in [-0.05, 0) is 31.4 Å². The normalized spacial score (nSPS) is 13.1. The molecule has 4 nitrogen and oxygen atoms in total. The molecular weight excluding hydrogens is 242 g/mol. The zero-order valence-corrected chi connectivity index (χ0v) is 11.2. The van der Waals surface area contributed by atoms with Crippen molar-refractivity contribution in [3.63, 3.8) is 0 Å². The Hall–Kier alpha value is -2.07. The fraction of sp³-hybridized carbons (Fsp3) is 0.267. The molecule has 0 saturated carbocycles. The first-order valence-corrected chi connectivity index (χ1v) is 6.10. The topological polar surface area (TPSA) is 40.6 Å². The quantitative estimate of drug-likeness (QED) is 0.791. The van der Waals surface area contributed by atoms with Crippen molar-refractivity contribution in [3.8, 4) is 11.5 Å². The van der Waals surface area contributed by atoms with Crippen molar-refractivity contribution >= 4 is 16.8 Å². The Morgan fingerprint density at radius 1 is 1.21 bits per heavy atom. The van der Waals surface area contributed by atoms with Crippen LogP contribution in [-0.4, -0.2) is 18.9 Å². The molecular formula is C15H15NO3. The van der Waals surface area contributed by atoms with E-state index in [1.165, 1.54) is 0 Å². The van der Waals surface area contributed by atoms with Gasteiger partial charge >= 0.3 is 0 Å². The number of nitrogens with zero attached hydrogens (tertiary/aromatic N) is 1. The Balaban J connectivity index is 2.20. The van der Waals surface area contributed by atoms with Crippen LogP contribution >= 0.6 is 0 Å². The number of aryl methyl sites for hydroxylation is 1. The molecule has 1 aromatic heterocycles. The lowest BCUT2D eigenvalue weighted by Gasteiger charge is -2.18. The summed E-state index contributed by atoms with van der Waals surface area (Å²) in [4.78, 5) is 4.55. The average molecular weight is 257 g/mol. The number of hydrogen-bond acceptors (Lipinski definition) is 4. The maximum absolute atomic E-state index is 5.76. The third kappa shape index (κ3) is 2.15. The second kappa shape index (κ2) is 4.55. The van der Waals surface area contributed by atoms with Crippen LogP contribution in [-0.2, 0) is 4.74 Å². The molecule has 1 aliphatic heterocycles. The lowest BCUT2D eigenvalue weighted by molar-refractivity contribution is 0.0511. The SMILES string of the molecule is COCOc1cc2c3c(nc(C)cc3c1)C=C(C)O2. The minimum absolute atomic E-state index is 0.219. The predicted octanol–water partition coefficient (Wildman–Crippen LogP) is 3.28. The van der Waals surface area contributed by atoms with Gasteiger partial charge < -0.3 is 14.2 Å². The molecule has 0 amide bonds. The Morgan fingerprint density at radius 3 is 2.84 bits per heavy atom. The Labute approximate surface area is 111 Å². The summed E-state index contributed by atoms with van der Waals surface area (Å²) in [7, 11) is 1.60. The first-order chi connectivity index (χ1) is 9.17. The molecule has 0 aliphatic carbocycles. The molecule has 1 aliphatic rings. The van der Waals surface area contributed by atoms with Crippen molar-refractivity contribution in [3.05, 3.63) is 35.3 Å². The highest BCUT2D eigenvalue weighted by molar-refractivity contribution is 5.97. The molecule has 2 aromatic rings. The zero-order valence-electron chi connectivity index (χ0n) is 11.2. The first kappa shape index (κ1) is 12.0. The monoisotopic (exact) mass is 257 g/mol. The molecule has 4 heteroatoms. The molecule has 0 spiro atoms. The largest absolute Gasteiger partial charge is 0.467 e. The zero-order chi connectivity index (χ0) is 13.4. The highest BCUT2D eigenvalue weighted by Crippen LogP contribution is 2.38. The first-order valence-electron chi connectivity index (χ1n) is 6.10. The molecule has 19 heavy (non-hydrogen) atoms. The Bertz CT molecular complexity index is 677. The van der Waals surface area contributed by atoms with E-state index in [4.69, 9.17) is 14.2 Å². The number of hydrogen-bond donors (Lipinski definition) is 0. The Morgan fingerprint density at radius 2 is 2.05 bits per heavy atom. The van der Waals surface area contributed by atoms with Gasteiger partial charge in [0.2, 0.25) is 0 Å². The number of ether oxygens (including phenoxy) is 3. The van der Waals surface area contributed by atoms with Crippen molar-refractivity contribution in [1.82, 2.24) is 4.98 Å². The highest BCUT2D eigenvalue weighted by Gasteiger charge is 2.16. The van der Waals surface area contributed by atoms with Gasteiger partial charge in [0.15, 0.2) is 6.79 Å². The van der Waals surface area contributed by atoms with E-state index in [0.717, 1.165) is 39.4 Å². The van der Waals surface area contributed by atoms with Gasteiger partial charge in [0.05, 0.1) is 11.1 Å². The lowest BCUT2D eigenvalue weighted by Crippen LogP contribution is -2.03. The number of pyridine rings is 1. The molecule has 0 unspecified atom stereocenters. The molecule has 2 heterocycles. The van der Waals surface area contributed by atoms with E-state index in [9.17, 15) is 0 Å². The van der Waals surface area contributed by atoms with Gasteiger partial charge in [-0.1, -0.05) is 0 Å². The maximum Gasteiger partial charge on any atom is 0.188 e. The molecule has 0 saturated heterocycles. The lowest BCUT2D eigenvalue weighted by atomic mass is 10.0. The van der Waals surface area contributed by atoms with Gasteiger partial charge in [-0.2, -0.15) is 0 Å². The van der Waals surface area contributed by atoms with Gasteiger partial charge in [0.1, 0.15) is 17.3 Å². The number of methoxy groups -OCH3 is 1. The summed E-state index contributed by atoms with van der Waals surface area (Å²) < 4.78 is 16.2. The van der Waals surface area contributed by atoms with E-state index >= 15 is 0 Å². The molecule has 3 rings (SSSR count). The standard InChI is InChI=1S/C15H15NO3/c1-9-4-11-6-12(18-8-17-3)7-14-15(11)13(16-9)5-10(2)19-14/h4-7H,8H2,1-3H3. The van der Waals surface area contributed by atoms with E-state index in [2.05, 4.69) is 4.98 Å². The summed E-state index contributed by atoms with van der Waals surface area (Å²) in [6.07, 6.45) is 1.96. The molecule has 0 atom stereocenters. The number of aromatic nitrogens is 1. The fourth-order valence-corrected chi connectivity index (χ4v) is 2.29. The van der Waals surface area contributed by atoms with Crippen LogP contribution < -0.4 is 9.47 Å². The summed E-state index contributed by atoms with van der Waals surface area (Å²) in [5.74, 6) is 2.34. The van der Waals surface area contributed by atoms with Crippen LogP contribution in [0.2, 0.25) is 0 Å². The van der Waals surface area contributed by atoms with E-state index in [1.807, 2.05) is 38.1 Å². The summed E-state index contributed by atoms with van der Waals surface area (Å²) in [6, 6.07) is 5.88. The summed E-state index contributed by atoms with van der Waals surface area (Å²) >= 11 is 0. The van der Waals surface area contributed by atoms with Gasteiger partial charge in [-0.15, -0.1) is 0 Å². The van der Waals surface area contributed by atoms with E-state index in [-0.39, 0.29) is 6.79 Å². The summed E-state index contributed by atoms with van der Waals surface area (Å²) in [5.41, 5.74) is 1.93. The Kier molecular flexibility index (Phi) is 2.87. The molecule has 0 N–H and O–H groups in total. The highest BCUT2D eigenvalue weighted by atomic mass is 16.7. The van der Waals surface area contributed by atoms with Gasteiger partial charge in [0.25, 0.3) is 0 Å². The van der Waals surface area contributed by atoms with Crippen molar-refractivity contribution in [2.75, 3.05) is 13.9 Å². The molecule has 0 radical (unpaired) electrons. The van der Waals surface area contributed by atoms with Gasteiger partial charge in [0, 0.05) is 24.9 Å². The number of benzene rings is 1. The van der Waals surface area contributed by atoms with Crippen LogP contribution in [0.1, 0.15) is 18.3 Å². The maximum atomic E-state index is 5.76. The average Bonchev–Trinajstić information content (AvgIpc) is 2.34. The second-order valence-corrected chi connectivity index (χ2v) is 4.58. The van der Waals surface area contributed by atoms with E-state index < -0.39 is 0 Å². The van der Waals surface area contributed by atoms with Crippen LogP contribution in [0.4, 0.5) is 0 Å². The van der Waals surface area contributed by atoms with Crippen LogP contribution in [0.25, 0.3) is 16.8 Å². The van der Waals surface area contributed by atoms with Crippen LogP contribution in [0, 0.1) is 6.92 Å². The minimum Gasteiger partial charge on any atom is -0.467 e. The molecule has 0 fully saturated rings. The number of rotatable bonds is 3. The second-order valence-electron chi connectivity index (χ2n) is 4.58. The predicted molar refractivity (Wildman–Crippen MR) is 73.3 cm³/mol. The summed E-state index contributed by atoms with van der Waals surface area (Å²) in [6.45, 7) is 4.12. The van der Waals surface area contributed by atoms with Crippen LogP contribution in [0.5, 0.6) is 11.5 Å². The third-order valence-corrected chi connectivity index (χ3v) is 2.98. The minimum atomic E-state index is 0.219. The van der Waals surface area contributed by atoms with Crippen molar-refractivity contribution < 1.29 is 14.2 Å².